The van der Waals surface area contributed by atoms with Crippen LogP contribution in [0.3, 0.4) is 0 Å². The van der Waals surface area contributed by atoms with E-state index in [0.717, 1.165) is 8.95 Å². The fourth-order valence-corrected chi connectivity index (χ4v) is 2.66. The van der Waals surface area contributed by atoms with E-state index in [9.17, 15) is 0 Å². The van der Waals surface area contributed by atoms with Crippen LogP contribution in [-0.4, -0.2) is 28.2 Å². The lowest BCUT2D eigenvalue weighted by atomic mass is 10.2. The molecule has 1 aliphatic heterocycles. The highest BCUT2D eigenvalue weighted by Gasteiger charge is 2.27. The highest BCUT2D eigenvalue weighted by molar-refractivity contribution is 9.10. The molecule has 3 rings (SSSR count). The summed E-state index contributed by atoms with van der Waals surface area (Å²) in [6, 6.07) is 3.75. The molecule has 2 aromatic rings. The number of rotatable bonds is 3. The second-order valence-corrected chi connectivity index (χ2v) is 6.11. The van der Waals surface area contributed by atoms with Crippen molar-refractivity contribution in [3.8, 4) is 11.5 Å². The van der Waals surface area contributed by atoms with E-state index in [1.807, 2.05) is 17.0 Å². The summed E-state index contributed by atoms with van der Waals surface area (Å²) in [5, 5.41) is 9.07. The second-order valence-electron chi connectivity index (χ2n) is 4.28. The van der Waals surface area contributed by atoms with Crippen molar-refractivity contribution in [2.75, 3.05) is 18.1 Å². The molecule has 0 atom stereocenters. The summed E-state index contributed by atoms with van der Waals surface area (Å²) in [5.74, 6) is 2.77. The standard InChI is InChI=1S/C13H11Br2N3O2/c14-8-4-10-12(16-6-8)18(2-1-3-19)13-11(20-10)5-9(15)7-17-13/h4-7,19H,1-3H2. The van der Waals surface area contributed by atoms with Crippen LogP contribution >= 0.6 is 31.9 Å². The van der Waals surface area contributed by atoms with Gasteiger partial charge in [0.1, 0.15) is 0 Å². The summed E-state index contributed by atoms with van der Waals surface area (Å²) < 4.78 is 7.56. The van der Waals surface area contributed by atoms with Crippen molar-refractivity contribution in [2.24, 2.45) is 0 Å². The van der Waals surface area contributed by atoms with Crippen LogP contribution in [0.25, 0.3) is 0 Å². The molecule has 0 amide bonds. The van der Waals surface area contributed by atoms with Crippen LogP contribution in [0.1, 0.15) is 6.42 Å². The molecule has 7 heteroatoms. The number of fused-ring (bicyclic) bond motifs is 2. The Kier molecular flexibility index (Phi) is 3.91. The lowest BCUT2D eigenvalue weighted by molar-refractivity contribution is 0.290. The highest BCUT2D eigenvalue weighted by Crippen LogP contribution is 2.45. The van der Waals surface area contributed by atoms with Gasteiger partial charge >= 0.3 is 0 Å². The minimum atomic E-state index is 0.120. The van der Waals surface area contributed by atoms with Crippen molar-refractivity contribution in [1.82, 2.24) is 9.97 Å². The van der Waals surface area contributed by atoms with Crippen LogP contribution < -0.4 is 9.64 Å². The summed E-state index contributed by atoms with van der Waals surface area (Å²) in [6.07, 6.45) is 4.07. The smallest absolute Gasteiger partial charge is 0.177 e. The third-order valence-corrected chi connectivity index (χ3v) is 3.74. The Morgan fingerprint density at radius 2 is 1.60 bits per heavy atom. The first-order valence-corrected chi connectivity index (χ1v) is 7.65. The number of aliphatic hydroxyl groups is 1. The zero-order valence-electron chi connectivity index (χ0n) is 10.4. The Labute approximate surface area is 132 Å². The van der Waals surface area contributed by atoms with Crippen molar-refractivity contribution >= 4 is 43.5 Å². The average Bonchev–Trinajstić information content (AvgIpc) is 2.43. The van der Waals surface area contributed by atoms with E-state index in [2.05, 4.69) is 41.8 Å². The topological polar surface area (TPSA) is 58.5 Å². The number of ether oxygens (including phenoxy) is 1. The maximum Gasteiger partial charge on any atom is 0.177 e. The summed E-state index contributed by atoms with van der Waals surface area (Å²) in [7, 11) is 0. The molecular formula is C13H11Br2N3O2. The van der Waals surface area contributed by atoms with E-state index < -0.39 is 0 Å². The van der Waals surface area contributed by atoms with E-state index in [1.54, 1.807) is 12.4 Å². The van der Waals surface area contributed by atoms with Gasteiger partial charge in [0.25, 0.3) is 0 Å². The lowest BCUT2D eigenvalue weighted by Gasteiger charge is -2.30. The Balaban J connectivity index is 2.08. The molecule has 0 aromatic carbocycles. The number of anilines is 2. The van der Waals surface area contributed by atoms with Crippen molar-refractivity contribution in [3.05, 3.63) is 33.5 Å². The number of nitrogens with zero attached hydrogens (tertiary/aromatic N) is 3. The van der Waals surface area contributed by atoms with Crippen LogP contribution in [0, 0.1) is 0 Å². The molecule has 0 bridgehead atoms. The molecule has 0 saturated heterocycles. The number of aromatic nitrogens is 2. The van der Waals surface area contributed by atoms with Crippen molar-refractivity contribution in [2.45, 2.75) is 6.42 Å². The average molecular weight is 401 g/mol. The largest absolute Gasteiger partial charge is 0.449 e. The van der Waals surface area contributed by atoms with E-state index >= 15 is 0 Å². The highest BCUT2D eigenvalue weighted by atomic mass is 79.9. The summed E-state index contributed by atoms with van der Waals surface area (Å²) in [6.45, 7) is 0.748. The van der Waals surface area contributed by atoms with Crippen LogP contribution in [0.2, 0.25) is 0 Å². The van der Waals surface area contributed by atoms with Gasteiger partial charge in [-0.1, -0.05) is 0 Å². The van der Waals surface area contributed by atoms with Gasteiger partial charge in [-0.05, 0) is 38.3 Å². The molecule has 0 aliphatic carbocycles. The fraction of sp³-hybridized carbons (Fsp3) is 0.231. The predicted molar refractivity (Wildman–Crippen MR) is 82.7 cm³/mol. The maximum absolute atomic E-state index is 9.07. The molecule has 1 N–H and O–H groups in total. The summed E-state index contributed by atoms with van der Waals surface area (Å²) >= 11 is 6.78. The van der Waals surface area contributed by atoms with Gasteiger partial charge in [0, 0.05) is 46.6 Å². The third kappa shape index (κ3) is 2.53. The number of hydrogen-bond acceptors (Lipinski definition) is 5. The van der Waals surface area contributed by atoms with Crippen LogP contribution in [0.4, 0.5) is 11.6 Å². The van der Waals surface area contributed by atoms with Gasteiger partial charge in [0.05, 0.1) is 0 Å². The molecule has 0 radical (unpaired) electrons. The monoisotopic (exact) mass is 399 g/mol. The molecule has 20 heavy (non-hydrogen) atoms. The molecular weight excluding hydrogens is 390 g/mol. The third-order valence-electron chi connectivity index (χ3n) is 2.87. The first kappa shape index (κ1) is 13.8. The Hall–Kier alpha value is -1.18. The first-order chi connectivity index (χ1) is 9.69. The van der Waals surface area contributed by atoms with Crippen molar-refractivity contribution in [1.29, 1.82) is 0 Å². The quantitative estimate of drug-likeness (QED) is 0.852. The molecule has 2 aromatic heterocycles. The minimum Gasteiger partial charge on any atom is -0.449 e. The van der Waals surface area contributed by atoms with Gasteiger partial charge in [-0.3, -0.25) is 0 Å². The van der Waals surface area contributed by atoms with Crippen molar-refractivity contribution in [3.63, 3.8) is 0 Å². The van der Waals surface area contributed by atoms with Gasteiger partial charge in [-0.15, -0.1) is 0 Å². The SMILES string of the molecule is OCCCN1c2ncc(Br)cc2Oc2cc(Br)cnc21. The van der Waals surface area contributed by atoms with Crippen LogP contribution in [0.5, 0.6) is 11.5 Å². The maximum atomic E-state index is 9.07. The Morgan fingerprint density at radius 3 is 2.10 bits per heavy atom. The predicted octanol–water partition coefficient (Wildman–Crippen LogP) is 3.63. The van der Waals surface area contributed by atoms with Gasteiger partial charge in [0.2, 0.25) is 0 Å². The fourth-order valence-electron chi connectivity index (χ4n) is 2.04. The molecule has 3 heterocycles. The zero-order valence-corrected chi connectivity index (χ0v) is 13.6. The number of halogens is 2. The van der Waals surface area contributed by atoms with Crippen molar-refractivity contribution < 1.29 is 9.84 Å². The zero-order chi connectivity index (χ0) is 14.1. The van der Waals surface area contributed by atoms with Gasteiger partial charge < -0.3 is 14.7 Å². The van der Waals surface area contributed by atoms with Gasteiger partial charge in [-0.25, -0.2) is 9.97 Å². The second kappa shape index (κ2) is 5.67. The number of hydrogen-bond donors (Lipinski definition) is 1. The van der Waals surface area contributed by atoms with E-state index in [-0.39, 0.29) is 6.61 Å². The lowest BCUT2D eigenvalue weighted by Crippen LogP contribution is -2.25. The molecule has 0 saturated carbocycles. The molecule has 0 unspecified atom stereocenters. The summed E-state index contributed by atoms with van der Waals surface area (Å²) in [5.41, 5.74) is 0. The molecule has 5 nitrogen and oxygen atoms in total. The Morgan fingerprint density at radius 1 is 1.05 bits per heavy atom. The van der Waals surface area contributed by atoms with Gasteiger partial charge in [-0.2, -0.15) is 0 Å². The Bertz CT molecular complexity index is 600. The molecule has 0 fully saturated rings. The van der Waals surface area contributed by atoms with Crippen LogP contribution in [-0.2, 0) is 0 Å². The summed E-state index contributed by atoms with van der Waals surface area (Å²) in [4.78, 5) is 10.8. The van der Waals surface area contributed by atoms with E-state index in [4.69, 9.17) is 9.84 Å². The molecule has 104 valence electrons. The molecule has 1 aliphatic rings. The first-order valence-electron chi connectivity index (χ1n) is 6.06. The minimum absolute atomic E-state index is 0.120. The number of aliphatic hydroxyl groups excluding tert-OH is 1. The van der Waals surface area contributed by atoms with Gasteiger partial charge in [0.15, 0.2) is 23.1 Å². The molecule has 0 spiro atoms. The number of pyridine rings is 2. The van der Waals surface area contributed by atoms with E-state index in [1.165, 1.54) is 0 Å². The van der Waals surface area contributed by atoms with E-state index in [0.29, 0.717) is 36.1 Å². The van der Waals surface area contributed by atoms with Crippen LogP contribution in [0.15, 0.2) is 33.5 Å². The normalized spacial score (nSPS) is 12.7.